The van der Waals surface area contributed by atoms with Gasteiger partial charge in [0.05, 0.1) is 35.9 Å². The monoisotopic (exact) mass is 531 g/mol. The first-order valence-corrected chi connectivity index (χ1v) is 11.5. The van der Waals surface area contributed by atoms with Crippen LogP contribution in [-0.4, -0.2) is 42.9 Å². The minimum Gasteiger partial charge on any atom is -0.421 e. The highest BCUT2D eigenvalue weighted by molar-refractivity contribution is 9.09. The van der Waals surface area contributed by atoms with Crippen molar-refractivity contribution < 1.29 is 18.3 Å². The molecule has 3 aromatic heterocycles. The molecular formula is C22H20BrF2N7O2. The van der Waals surface area contributed by atoms with Gasteiger partial charge in [0.15, 0.2) is 5.75 Å². The molecule has 1 amide bonds. The molecule has 2 N–H and O–H groups in total. The summed E-state index contributed by atoms with van der Waals surface area (Å²) in [4.78, 5) is 31.5. The van der Waals surface area contributed by atoms with E-state index in [0.29, 0.717) is 29.6 Å². The summed E-state index contributed by atoms with van der Waals surface area (Å²) in [7, 11) is 0. The Balaban J connectivity index is 1.21. The average Bonchev–Trinajstić information content (AvgIpc) is 3.39. The molecular weight excluding hydrogens is 512 g/mol. The molecule has 1 aliphatic heterocycles. The minimum absolute atomic E-state index is 0.0904. The predicted molar refractivity (Wildman–Crippen MR) is 124 cm³/mol. The molecule has 0 bridgehead atoms. The van der Waals surface area contributed by atoms with Gasteiger partial charge in [0.2, 0.25) is 5.95 Å². The number of pyridine rings is 2. The Bertz CT molecular complexity index is 1190. The second-order valence-electron chi connectivity index (χ2n) is 8.05. The second-order valence-corrected chi connectivity index (χ2v) is 8.97. The maximum absolute atomic E-state index is 12.9. The van der Waals surface area contributed by atoms with Gasteiger partial charge in [-0.3, -0.25) is 14.7 Å². The lowest BCUT2D eigenvalue weighted by atomic mass is 10.2. The van der Waals surface area contributed by atoms with Crippen LogP contribution >= 0.6 is 15.9 Å². The number of carbonyl (C=O) groups excluding carboxylic acids is 1. The molecule has 12 heteroatoms. The normalized spacial score (nSPS) is 19.7. The largest absolute Gasteiger partial charge is 0.459 e. The van der Waals surface area contributed by atoms with Gasteiger partial charge in [-0.2, -0.15) is 8.78 Å². The standard InChI is InChI=1S/C22H20BrF2N7O2/c23-22(24,25)34-15-10-28-21(29-11-15)31-14-6-5-13(9-14)30-19-18(4-2-8-27-19)32-12-17-16(20(32)33)3-1-7-26-17/h1-4,7-8,10-11,13-14H,5-6,9,12H2,(H,27,30)(H,28,29,31)/t13-,14-/m0/s1. The molecule has 3 aromatic rings. The van der Waals surface area contributed by atoms with E-state index in [-0.39, 0.29) is 23.7 Å². The van der Waals surface area contributed by atoms with Crippen LogP contribution in [0.25, 0.3) is 0 Å². The van der Waals surface area contributed by atoms with Gasteiger partial charge in [0.1, 0.15) is 5.82 Å². The molecule has 0 radical (unpaired) electrons. The molecule has 0 spiro atoms. The Morgan fingerprint density at radius 1 is 1.03 bits per heavy atom. The molecule has 4 heterocycles. The molecule has 0 unspecified atom stereocenters. The van der Waals surface area contributed by atoms with Crippen LogP contribution in [0.3, 0.4) is 0 Å². The van der Waals surface area contributed by atoms with Crippen LogP contribution in [0.15, 0.2) is 49.1 Å². The zero-order chi connectivity index (χ0) is 23.7. The molecule has 0 saturated heterocycles. The van der Waals surface area contributed by atoms with Crippen molar-refractivity contribution in [3.63, 3.8) is 0 Å². The highest BCUT2D eigenvalue weighted by atomic mass is 79.9. The number of hydrogen-bond acceptors (Lipinski definition) is 8. The number of fused-ring (bicyclic) bond motifs is 1. The van der Waals surface area contributed by atoms with Crippen LogP contribution in [-0.2, 0) is 6.54 Å². The predicted octanol–water partition coefficient (Wildman–Crippen LogP) is 4.20. The summed E-state index contributed by atoms with van der Waals surface area (Å²) < 4.78 is 30.1. The molecule has 9 nitrogen and oxygen atoms in total. The second kappa shape index (κ2) is 9.09. The fourth-order valence-corrected chi connectivity index (χ4v) is 4.43. The number of aromatic nitrogens is 4. The molecule has 1 aliphatic carbocycles. The Morgan fingerprint density at radius 2 is 1.74 bits per heavy atom. The third kappa shape index (κ3) is 4.91. The number of amides is 1. The van der Waals surface area contributed by atoms with Gasteiger partial charge in [-0.25, -0.2) is 15.0 Å². The van der Waals surface area contributed by atoms with E-state index in [2.05, 4.69) is 51.2 Å². The van der Waals surface area contributed by atoms with E-state index in [9.17, 15) is 13.6 Å². The van der Waals surface area contributed by atoms with E-state index in [4.69, 9.17) is 0 Å². The van der Waals surface area contributed by atoms with E-state index in [1.807, 2.05) is 6.07 Å². The number of carbonyl (C=O) groups is 1. The smallest absolute Gasteiger partial charge is 0.421 e. The fourth-order valence-electron chi connectivity index (χ4n) is 4.24. The molecule has 34 heavy (non-hydrogen) atoms. The number of anilines is 3. The van der Waals surface area contributed by atoms with Gasteiger partial charge in [-0.15, -0.1) is 0 Å². The number of halogens is 3. The summed E-state index contributed by atoms with van der Waals surface area (Å²) in [6.07, 6.45) is 8.26. The van der Waals surface area contributed by atoms with Crippen molar-refractivity contribution in [2.24, 2.45) is 0 Å². The first-order valence-electron chi connectivity index (χ1n) is 10.7. The maximum atomic E-state index is 12.9. The number of hydrogen-bond donors (Lipinski definition) is 2. The number of nitrogens with one attached hydrogen (secondary N) is 2. The van der Waals surface area contributed by atoms with Crippen LogP contribution in [0, 0.1) is 0 Å². The summed E-state index contributed by atoms with van der Waals surface area (Å²) >= 11 is 2.11. The van der Waals surface area contributed by atoms with E-state index in [1.54, 1.807) is 35.5 Å². The van der Waals surface area contributed by atoms with Crippen molar-refractivity contribution in [2.75, 3.05) is 15.5 Å². The molecule has 1 saturated carbocycles. The first kappa shape index (κ1) is 22.4. The van der Waals surface area contributed by atoms with Crippen molar-refractivity contribution in [1.29, 1.82) is 0 Å². The van der Waals surface area contributed by atoms with Crippen LogP contribution in [0.4, 0.5) is 26.2 Å². The van der Waals surface area contributed by atoms with E-state index < -0.39 is 5.02 Å². The highest BCUT2D eigenvalue weighted by Gasteiger charge is 2.32. The van der Waals surface area contributed by atoms with Crippen molar-refractivity contribution >= 4 is 39.3 Å². The van der Waals surface area contributed by atoms with Crippen molar-refractivity contribution in [3.8, 4) is 5.75 Å². The van der Waals surface area contributed by atoms with Crippen molar-refractivity contribution in [1.82, 2.24) is 19.9 Å². The van der Waals surface area contributed by atoms with Gasteiger partial charge in [-0.1, -0.05) is 0 Å². The lowest BCUT2D eigenvalue weighted by Crippen LogP contribution is -2.27. The fraction of sp³-hybridized carbons (Fsp3) is 0.318. The SMILES string of the molecule is O=C1c2cccnc2CN1c1cccnc1N[C@H]1CC[C@H](Nc2ncc(OC(F)(F)Br)cn2)C1. The zero-order valence-corrected chi connectivity index (χ0v) is 19.4. The lowest BCUT2D eigenvalue weighted by Gasteiger charge is -2.22. The number of alkyl halides is 3. The maximum Gasteiger partial charge on any atom is 0.459 e. The Morgan fingerprint density at radius 3 is 2.47 bits per heavy atom. The molecule has 0 aromatic carbocycles. The Kier molecular flexibility index (Phi) is 5.98. The molecule has 5 rings (SSSR count). The van der Waals surface area contributed by atoms with E-state index in [0.717, 1.165) is 25.0 Å². The van der Waals surface area contributed by atoms with Gasteiger partial charge in [0.25, 0.3) is 5.91 Å². The summed E-state index contributed by atoms with van der Waals surface area (Å²) in [5.41, 5.74) is 2.08. The van der Waals surface area contributed by atoms with Crippen LogP contribution < -0.4 is 20.3 Å². The summed E-state index contributed by atoms with van der Waals surface area (Å²) in [6.45, 7) is 0.405. The van der Waals surface area contributed by atoms with E-state index in [1.165, 1.54) is 12.4 Å². The molecule has 2 aliphatic rings. The van der Waals surface area contributed by atoms with E-state index >= 15 is 0 Å². The number of nitrogens with zero attached hydrogens (tertiary/aromatic N) is 5. The van der Waals surface area contributed by atoms with Crippen molar-refractivity contribution in [2.45, 2.75) is 42.9 Å². The Hall–Kier alpha value is -3.41. The van der Waals surface area contributed by atoms with Crippen LogP contribution in [0.5, 0.6) is 5.75 Å². The third-order valence-corrected chi connectivity index (χ3v) is 5.88. The summed E-state index contributed by atoms with van der Waals surface area (Å²) in [5.74, 6) is 0.743. The average molecular weight is 532 g/mol. The first-order chi connectivity index (χ1) is 16.4. The van der Waals surface area contributed by atoms with Gasteiger partial charge >= 0.3 is 5.02 Å². The lowest BCUT2D eigenvalue weighted by molar-refractivity contribution is -0.0807. The summed E-state index contributed by atoms with van der Waals surface area (Å²) in [5, 5.41) is 3.22. The van der Waals surface area contributed by atoms with Gasteiger partial charge < -0.3 is 15.4 Å². The topological polar surface area (TPSA) is 105 Å². The minimum atomic E-state index is -3.47. The zero-order valence-electron chi connectivity index (χ0n) is 17.8. The van der Waals surface area contributed by atoms with Gasteiger partial charge in [-0.05, 0) is 43.5 Å². The van der Waals surface area contributed by atoms with Gasteiger partial charge in [0, 0.05) is 40.4 Å². The van der Waals surface area contributed by atoms with Crippen molar-refractivity contribution in [3.05, 3.63) is 60.3 Å². The Labute approximate surface area is 202 Å². The molecule has 1 fully saturated rings. The molecule has 176 valence electrons. The van der Waals surface area contributed by atoms with Crippen LogP contribution in [0.2, 0.25) is 0 Å². The number of ether oxygens (including phenoxy) is 1. The third-order valence-electron chi connectivity index (χ3n) is 5.72. The summed E-state index contributed by atoms with van der Waals surface area (Å²) in [6, 6.07) is 7.44. The molecule has 2 atom stereocenters. The highest BCUT2D eigenvalue weighted by Crippen LogP contribution is 2.33. The number of rotatable bonds is 7. The van der Waals surface area contributed by atoms with Crippen LogP contribution in [0.1, 0.15) is 35.3 Å². The quantitative estimate of drug-likeness (QED) is 0.437.